The summed E-state index contributed by atoms with van der Waals surface area (Å²) in [5.41, 5.74) is 3.99. The van der Waals surface area contributed by atoms with Gasteiger partial charge in [-0.3, -0.25) is 20.1 Å². The van der Waals surface area contributed by atoms with E-state index in [4.69, 9.17) is 0 Å². The number of nitrogens with one attached hydrogen (secondary N) is 2. The van der Waals surface area contributed by atoms with Crippen LogP contribution in [0.2, 0.25) is 0 Å². The minimum Gasteiger partial charge on any atom is -0.316 e. The Kier molecular flexibility index (Phi) is 2.74. The third-order valence-electron chi connectivity index (χ3n) is 4.93. The van der Waals surface area contributed by atoms with E-state index in [-0.39, 0.29) is 5.91 Å². The molecule has 6 heteroatoms. The maximum atomic E-state index is 12.8. The molecule has 2 N–H and O–H groups in total. The van der Waals surface area contributed by atoms with Gasteiger partial charge in [-0.15, -0.1) is 0 Å². The number of rotatable bonds is 1. The molecule has 2 aromatic rings. The molecule has 1 saturated heterocycles. The molecule has 2 aliphatic heterocycles. The number of imide groups is 1. The molecule has 25 heavy (non-hydrogen) atoms. The van der Waals surface area contributed by atoms with Crippen LogP contribution >= 0.6 is 0 Å². The minimum atomic E-state index is -1.18. The third-order valence-corrected chi connectivity index (χ3v) is 4.93. The van der Waals surface area contributed by atoms with E-state index < -0.39 is 11.6 Å². The first-order chi connectivity index (χ1) is 12.2. The first-order valence-electron chi connectivity index (χ1n) is 8.13. The summed E-state index contributed by atoms with van der Waals surface area (Å²) >= 11 is 0. The lowest BCUT2D eigenvalue weighted by Gasteiger charge is -2.23. The van der Waals surface area contributed by atoms with Crippen molar-refractivity contribution in [1.82, 2.24) is 10.6 Å². The summed E-state index contributed by atoms with van der Waals surface area (Å²) in [6.45, 7) is 1.35. The Balaban J connectivity index is 1.77. The van der Waals surface area contributed by atoms with Crippen molar-refractivity contribution in [2.75, 3.05) is 13.1 Å². The van der Waals surface area contributed by atoms with Crippen LogP contribution in [0, 0.1) is 0 Å². The molecule has 1 aliphatic carbocycles. The standard InChI is InChI=1S/C19H14N4O2/c24-17-19(23-18(25)22-17)14-4-2-1-3-12(14)13-6-5-11(9-15(13)19)16-10-20-7-8-21-16/h1-6,9-10H,7-8H2,(H2,22,23,24,25). The van der Waals surface area contributed by atoms with Crippen molar-refractivity contribution in [2.24, 2.45) is 9.98 Å². The predicted molar refractivity (Wildman–Crippen MR) is 94.1 cm³/mol. The van der Waals surface area contributed by atoms with Crippen molar-refractivity contribution >= 4 is 23.9 Å². The number of nitrogens with zero attached hydrogens (tertiary/aromatic N) is 2. The van der Waals surface area contributed by atoms with Gasteiger partial charge in [0.15, 0.2) is 5.54 Å². The smallest absolute Gasteiger partial charge is 0.316 e. The SMILES string of the molecule is O=C1NC(=O)C2(N1)c1ccccc1-c1ccc(C3=NCCN=C3)cc12. The van der Waals surface area contributed by atoms with Crippen molar-refractivity contribution in [3.63, 3.8) is 0 Å². The van der Waals surface area contributed by atoms with Crippen LogP contribution in [0.5, 0.6) is 0 Å². The molecule has 1 spiro atoms. The Morgan fingerprint density at radius 3 is 2.56 bits per heavy atom. The summed E-state index contributed by atoms with van der Waals surface area (Å²) in [7, 11) is 0. The number of hydrogen-bond donors (Lipinski definition) is 2. The van der Waals surface area contributed by atoms with E-state index in [1.165, 1.54) is 0 Å². The quantitative estimate of drug-likeness (QED) is 0.779. The Morgan fingerprint density at radius 2 is 1.80 bits per heavy atom. The van der Waals surface area contributed by atoms with E-state index >= 15 is 0 Å². The van der Waals surface area contributed by atoms with E-state index in [0.717, 1.165) is 33.5 Å². The van der Waals surface area contributed by atoms with E-state index in [0.29, 0.717) is 13.1 Å². The van der Waals surface area contributed by atoms with Crippen molar-refractivity contribution in [2.45, 2.75) is 5.54 Å². The highest BCUT2D eigenvalue weighted by Crippen LogP contribution is 2.49. The average molecular weight is 330 g/mol. The predicted octanol–water partition coefficient (Wildman–Crippen LogP) is 1.62. The van der Waals surface area contributed by atoms with Crippen molar-refractivity contribution in [3.05, 3.63) is 59.2 Å². The van der Waals surface area contributed by atoms with Crippen LogP contribution in [0.3, 0.4) is 0 Å². The molecule has 5 rings (SSSR count). The first kappa shape index (κ1) is 14.1. The number of hydrogen-bond acceptors (Lipinski definition) is 4. The Labute approximate surface area is 143 Å². The number of aliphatic imine (C=N–C) groups is 2. The second-order valence-electron chi connectivity index (χ2n) is 6.27. The van der Waals surface area contributed by atoms with Gasteiger partial charge in [-0.2, -0.15) is 0 Å². The maximum absolute atomic E-state index is 12.8. The maximum Gasteiger partial charge on any atom is 0.322 e. The fraction of sp³-hybridized carbons (Fsp3) is 0.158. The highest BCUT2D eigenvalue weighted by molar-refractivity contribution is 6.38. The lowest BCUT2D eigenvalue weighted by molar-refractivity contribution is -0.122. The summed E-state index contributed by atoms with van der Waals surface area (Å²) < 4.78 is 0. The van der Waals surface area contributed by atoms with Gasteiger partial charge >= 0.3 is 6.03 Å². The van der Waals surface area contributed by atoms with Crippen LogP contribution < -0.4 is 10.6 Å². The molecule has 3 amide bonds. The summed E-state index contributed by atoms with van der Waals surface area (Å²) in [5.74, 6) is -0.347. The van der Waals surface area contributed by atoms with E-state index in [9.17, 15) is 9.59 Å². The summed E-state index contributed by atoms with van der Waals surface area (Å²) in [5, 5.41) is 5.23. The van der Waals surface area contributed by atoms with Gasteiger partial charge in [-0.1, -0.05) is 36.4 Å². The molecule has 122 valence electrons. The molecule has 0 radical (unpaired) electrons. The van der Waals surface area contributed by atoms with Crippen molar-refractivity contribution in [3.8, 4) is 11.1 Å². The number of carbonyl (C=O) groups is 2. The van der Waals surface area contributed by atoms with Gasteiger partial charge in [-0.05, 0) is 22.8 Å². The highest BCUT2D eigenvalue weighted by atomic mass is 16.2. The molecule has 1 fully saturated rings. The molecule has 1 atom stereocenters. The fourth-order valence-electron chi connectivity index (χ4n) is 3.86. The van der Waals surface area contributed by atoms with Crippen LogP contribution in [0.25, 0.3) is 11.1 Å². The van der Waals surface area contributed by atoms with Crippen LogP contribution in [0.4, 0.5) is 4.79 Å². The zero-order valence-corrected chi connectivity index (χ0v) is 13.2. The summed E-state index contributed by atoms with van der Waals surface area (Å²) in [4.78, 5) is 33.5. The Bertz CT molecular complexity index is 1010. The molecule has 6 nitrogen and oxygen atoms in total. The first-order valence-corrected chi connectivity index (χ1v) is 8.13. The number of benzene rings is 2. The lowest BCUT2D eigenvalue weighted by atomic mass is 9.86. The van der Waals surface area contributed by atoms with Crippen LogP contribution in [-0.4, -0.2) is 37.0 Å². The Hall–Kier alpha value is -3.28. The third kappa shape index (κ3) is 1.79. The van der Waals surface area contributed by atoms with Gasteiger partial charge in [-0.25, -0.2) is 4.79 Å². The summed E-state index contributed by atoms with van der Waals surface area (Å²) in [6, 6.07) is 13.1. The van der Waals surface area contributed by atoms with Crippen LogP contribution in [-0.2, 0) is 10.3 Å². The number of amides is 3. The number of fused-ring (bicyclic) bond motifs is 5. The van der Waals surface area contributed by atoms with Gasteiger partial charge in [0.05, 0.1) is 18.8 Å². The molecular formula is C19H14N4O2. The molecule has 2 aromatic carbocycles. The van der Waals surface area contributed by atoms with E-state index in [1.807, 2.05) is 42.5 Å². The summed E-state index contributed by atoms with van der Waals surface area (Å²) in [6.07, 6.45) is 1.76. The average Bonchev–Trinajstić information content (AvgIpc) is 3.11. The lowest BCUT2D eigenvalue weighted by Crippen LogP contribution is -2.43. The zero-order chi connectivity index (χ0) is 17.0. The molecule has 3 aliphatic rings. The van der Waals surface area contributed by atoms with Crippen molar-refractivity contribution < 1.29 is 9.59 Å². The van der Waals surface area contributed by atoms with Gasteiger partial charge in [0.1, 0.15) is 0 Å². The van der Waals surface area contributed by atoms with Crippen LogP contribution in [0.1, 0.15) is 16.7 Å². The fourth-order valence-corrected chi connectivity index (χ4v) is 3.86. The molecular weight excluding hydrogens is 316 g/mol. The highest BCUT2D eigenvalue weighted by Gasteiger charge is 2.54. The largest absolute Gasteiger partial charge is 0.322 e. The molecule has 2 heterocycles. The van der Waals surface area contributed by atoms with Gasteiger partial charge in [0, 0.05) is 17.3 Å². The van der Waals surface area contributed by atoms with Gasteiger partial charge in [0.25, 0.3) is 5.91 Å². The monoisotopic (exact) mass is 330 g/mol. The second-order valence-corrected chi connectivity index (χ2v) is 6.27. The van der Waals surface area contributed by atoms with Gasteiger partial charge in [0.2, 0.25) is 0 Å². The molecule has 0 saturated carbocycles. The van der Waals surface area contributed by atoms with Crippen LogP contribution in [0.15, 0.2) is 52.4 Å². The number of urea groups is 1. The minimum absolute atomic E-state index is 0.347. The van der Waals surface area contributed by atoms with E-state index in [1.54, 1.807) is 6.21 Å². The molecule has 0 aromatic heterocycles. The topological polar surface area (TPSA) is 82.9 Å². The zero-order valence-electron chi connectivity index (χ0n) is 13.2. The molecule has 1 unspecified atom stereocenters. The van der Waals surface area contributed by atoms with Crippen molar-refractivity contribution in [1.29, 1.82) is 0 Å². The normalized spacial score (nSPS) is 23.1. The Morgan fingerprint density at radius 1 is 0.960 bits per heavy atom. The molecule has 0 bridgehead atoms. The number of carbonyl (C=O) groups excluding carboxylic acids is 2. The van der Waals surface area contributed by atoms with E-state index in [2.05, 4.69) is 20.6 Å². The van der Waals surface area contributed by atoms with Gasteiger partial charge < -0.3 is 5.32 Å². The second kappa shape index (κ2) is 4.86.